The molecule has 4 nitrogen and oxygen atoms in total. The van der Waals surface area contributed by atoms with Crippen LogP contribution < -0.4 is 5.73 Å². The van der Waals surface area contributed by atoms with Crippen molar-refractivity contribution in [1.29, 1.82) is 0 Å². The van der Waals surface area contributed by atoms with Crippen molar-refractivity contribution in [1.82, 2.24) is 4.31 Å². The van der Waals surface area contributed by atoms with Gasteiger partial charge < -0.3 is 5.73 Å². The summed E-state index contributed by atoms with van der Waals surface area (Å²) in [6, 6.07) is 4.83. The third-order valence-corrected chi connectivity index (χ3v) is 4.28. The molecule has 6 heteroatoms. The summed E-state index contributed by atoms with van der Waals surface area (Å²) in [7, 11) is -3.59. The minimum absolute atomic E-state index is 0.0954. The molecule has 0 radical (unpaired) electrons. The van der Waals surface area contributed by atoms with Gasteiger partial charge in [0.2, 0.25) is 10.0 Å². The van der Waals surface area contributed by atoms with Crippen LogP contribution in [0.4, 0.5) is 4.39 Å². The molecular weight excluding hydrogens is 255 g/mol. The molecule has 0 unspecified atom stereocenters. The number of nitrogens with two attached hydrogens (primary N) is 1. The Morgan fingerprint density at radius 3 is 2.28 bits per heavy atom. The van der Waals surface area contributed by atoms with Crippen LogP contribution in [0, 0.1) is 11.7 Å². The van der Waals surface area contributed by atoms with Crippen LogP contribution in [0.2, 0.25) is 0 Å². The van der Waals surface area contributed by atoms with Gasteiger partial charge in [-0.15, -0.1) is 0 Å². The van der Waals surface area contributed by atoms with E-state index in [-0.39, 0.29) is 23.9 Å². The first-order valence-electron chi connectivity index (χ1n) is 5.83. The number of nitrogens with zero attached hydrogens (tertiary/aromatic N) is 1. The second-order valence-electron chi connectivity index (χ2n) is 4.50. The van der Waals surface area contributed by atoms with E-state index in [2.05, 4.69) is 0 Å². The topological polar surface area (TPSA) is 63.4 Å². The Labute approximate surface area is 108 Å². The van der Waals surface area contributed by atoms with Crippen molar-refractivity contribution in [2.24, 2.45) is 11.7 Å². The normalized spacial score (nSPS) is 12.3. The van der Waals surface area contributed by atoms with Gasteiger partial charge in [0, 0.05) is 19.6 Å². The van der Waals surface area contributed by atoms with Crippen LogP contribution in [0.1, 0.15) is 13.8 Å². The Morgan fingerprint density at radius 1 is 1.28 bits per heavy atom. The van der Waals surface area contributed by atoms with Crippen LogP contribution in [-0.4, -0.2) is 32.4 Å². The molecule has 0 aliphatic heterocycles. The highest BCUT2D eigenvalue weighted by Gasteiger charge is 2.24. The monoisotopic (exact) mass is 274 g/mol. The summed E-state index contributed by atoms with van der Waals surface area (Å²) in [6.07, 6.45) is 0. The molecule has 0 aliphatic rings. The molecule has 0 saturated carbocycles. The van der Waals surface area contributed by atoms with E-state index in [4.69, 9.17) is 5.73 Å². The molecule has 1 aromatic rings. The lowest BCUT2D eigenvalue weighted by Gasteiger charge is -2.23. The van der Waals surface area contributed by atoms with Crippen molar-refractivity contribution < 1.29 is 12.8 Å². The van der Waals surface area contributed by atoms with Gasteiger partial charge >= 0.3 is 0 Å². The Morgan fingerprint density at radius 2 is 1.83 bits per heavy atom. The maximum absolute atomic E-state index is 12.8. The number of hydrogen-bond donors (Lipinski definition) is 1. The quantitative estimate of drug-likeness (QED) is 0.853. The molecule has 2 N–H and O–H groups in total. The van der Waals surface area contributed by atoms with Crippen molar-refractivity contribution in [2.75, 3.05) is 19.6 Å². The summed E-state index contributed by atoms with van der Waals surface area (Å²) < 4.78 is 38.8. The van der Waals surface area contributed by atoms with Gasteiger partial charge in [-0.05, 0) is 30.2 Å². The van der Waals surface area contributed by atoms with Gasteiger partial charge in [0.1, 0.15) is 5.82 Å². The smallest absolute Gasteiger partial charge is 0.243 e. The maximum atomic E-state index is 12.8. The molecule has 0 saturated heterocycles. The Hall–Kier alpha value is -0.980. The lowest BCUT2D eigenvalue weighted by atomic mass is 10.2. The van der Waals surface area contributed by atoms with Gasteiger partial charge in [0.05, 0.1) is 4.90 Å². The summed E-state index contributed by atoms with van der Waals surface area (Å²) in [4.78, 5) is 0.0954. The van der Waals surface area contributed by atoms with Crippen LogP contribution in [0.3, 0.4) is 0 Å². The van der Waals surface area contributed by atoms with E-state index in [9.17, 15) is 12.8 Å². The first-order valence-corrected chi connectivity index (χ1v) is 7.27. The summed E-state index contributed by atoms with van der Waals surface area (Å²) in [5.74, 6) is -0.255. The fraction of sp³-hybridized carbons (Fsp3) is 0.500. The van der Waals surface area contributed by atoms with E-state index in [1.165, 1.54) is 16.4 Å². The highest BCUT2D eigenvalue weighted by molar-refractivity contribution is 7.89. The summed E-state index contributed by atoms with van der Waals surface area (Å²) in [5.41, 5.74) is 5.44. The molecule has 18 heavy (non-hydrogen) atoms. The lowest BCUT2D eigenvalue weighted by Crippen LogP contribution is -2.37. The third kappa shape index (κ3) is 3.76. The van der Waals surface area contributed by atoms with Gasteiger partial charge in [0.15, 0.2) is 0 Å². The van der Waals surface area contributed by atoms with Crippen molar-refractivity contribution in [2.45, 2.75) is 18.7 Å². The van der Waals surface area contributed by atoms with E-state index < -0.39 is 15.8 Å². The zero-order valence-corrected chi connectivity index (χ0v) is 11.5. The molecule has 1 rings (SSSR count). The minimum atomic E-state index is -3.59. The van der Waals surface area contributed by atoms with E-state index in [1.807, 2.05) is 13.8 Å². The van der Waals surface area contributed by atoms with Gasteiger partial charge in [-0.3, -0.25) is 0 Å². The van der Waals surface area contributed by atoms with Crippen LogP contribution in [0.25, 0.3) is 0 Å². The summed E-state index contributed by atoms with van der Waals surface area (Å²) in [6.45, 7) is 4.79. The highest BCUT2D eigenvalue weighted by atomic mass is 32.2. The predicted octanol–water partition coefficient (Wildman–Crippen LogP) is 1.43. The predicted molar refractivity (Wildman–Crippen MR) is 69.1 cm³/mol. The number of halogens is 1. The van der Waals surface area contributed by atoms with Crippen LogP contribution in [-0.2, 0) is 10.0 Å². The lowest BCUT2D eigenvalue weighted by molar-refractivity contribution is 0.373. The SMILES string of the molecule is CC(C)CN(CCN)S(=O)(=O)c1ccc(F)cc1. The maximum Gasteiger partial charge on any atom is 0.243 e. The molecule has 0 aliphatic carbocycles. The molecule has 0 fully saturated rings. The van der Waals surface area contributed by atoms with Gasteiger partial charge in [0.25, 0.3) is 0 Å². The molecule has 0 bridgehead atoms. The molecule has 1 aromatic carbocycles. The number of rotatable bonds is 6. The standard InChI is InChI=1S/C12H19FN2O2S/c1-10(2)9-15(8-7-14)18(16,17)12-5-3-11(13)4-6-12/h3-6,10H,7-9,14H2,1-2H3. The first kappa shape index (κ1) is 15.1. The van der Waals surface area contributed by atoms with E-state index in [1.54, 1.807) is 0 Å². The summed E-state index contributed by atoms with van der Waals surface area (Å²) >= 11 is 0. The van der Waals surface area contributed by atoms with E-state index in [0.29, 0.717) is 6.54 Å². The summed E-state index contributed by atoms with van der Waals surface area (Å²) in [5, 5.41) is 0. The number of sulfonamides is 1. The first-order chi connectivity index (χ1) is 8.37. The van der Waals surface area contributed by atoms with Crippen LogP contribution in [0.15, 0.2) is 29.2 Å². The third-order valence-electron chi connectivity index (χ3n) is 2.40. The molecule has 0 heterocycles. The molecule has 0 atom stereocenters. The van der Waals surface area contributed by atoms with Crippen molar-refractivity contribution in [3.8, 4) is 0 Å². The average Bonchev–Trinajstić information content (AvgIpc) is 2.28. The average molecular weight is 274 g/mol. The zero-order valence-electron chi connectivity index (χ0n) is 10.6. The Balaban J connectivity index is 3.04. The van der Waals surface area contributed by atoms with Gasteiger partial charge in [-0.1, -0.05) is 13.8 Å². The molecule has 0 amide bonds. The van der Waals surface area contributed by atoms with Crippen molar-refractivity contribution in [3.63, 3.8) is 0 Å². The fourth-order valence-corrected chi connectivity index (χ4v) is 3.23. The molecular formula is C12H19FN2O2S. The van der Waals surface area contributed by atoms with Crippen molar-refractivity contribution >= 4 is 10.0 Å². The molecule has 0 spiro atoms. The second kappa shape index (κ2) is 6.26. The van der Waals surface area contributed by atoms with Gasteiger partial charge in [-0.2, -0.15) is 4.31 Å². The number of hydrogen-bond acceptors (Lipinski definition) is 3. The highest BCUT2D eigenvalue weighted by Crippen LogP contribution is 2.17. The van der Waals surface area contributed by atoms with E-state index in [0.717, 1.165) is 12.1 Å². The fourth-order valence-electron chi connectivity index (χ4n) is 1.62. The molecule has 0 aromatic heterocycles. The number of benzene rings is 1. The zero-order chi connectivity index (χ0) is 13.8. The largest absolute Gasteiger partial charge is 0.329 e. The molecule has 102 valence electrons. The van der Waals surface area contributed by atoms with Crippen molar-refractivity contribution in [3.05, 3.63) is 30.1 Å². The Bertz CT molecular complexity index is 471. The van der Waals surface area contributed by atoms with Gasteiger partial charge in [-0.25, -0.2) is 12.8 Å². The van der Waals surface area contributed by atoms with Crippen LogP contribution >= 0.6 is 0 Å². The second-order valence-corrected chi connectivity index (χ2v) is 6.44. The Kier molecular flexibility index (Phi) is 5.25. The minimum Gasteiger partial charge on any atom is -0.329 e. The van der Waals surface area contributed by atoms with E-state index >= 15 is 0 Å². The van der Waals surface area contributed by atoms with Crippen LogP contribution in [0.5, 0.6) is 0 Å².